The molecule has 1 aliphatic rings. The van der Waals surface area contributed by atoms with Gasteiger partial charge in [0, 0.05) is 53.2 Å². The van der Waals surface area contributed by atoms with Crippen LogP contribution in [0.1, 0.15) is 17.5 Å². The van der Waals surface area contributed by atoms with E-state index in [0.29, 0.717) is 31.0 Å². The second-order valence-corrected chi connectivity index (χ2v) is 10.1. The summed E-state index contributed by atoms with van der Waals surface area (Å²) in [5, 5.41) is 0. The molecule has 0 aliphatic carbocycles. The number of aryl methyl sites for hydroxylation is 1. The van der Waals surface area contributed by atoms with E-state index in [-0.39, 0.29) is 5.91 Å². The van der Waals surface area contributed by atoms with Gasteiger partial charge in [-0.1, -0.05) is 24.3 Å². The molecule has 0 saturated carbocycles. The molecule has 1 amide bonds. The average molecular weight is 446 g/mol. The second kappa shape index (κ2) is 10.3. The van der Waals surface area contributed by atoms with Crippen LogP contribution in [0.25, 0.3) is 0 Å². The smallest absolute Gasteiger partial charge is 0.242 e. The third-order valence-electron chi connectivity index (χ3n) is 5.59. The van der Waals surface area contributed by atoms with E-state index in [2.05, 4.69) is 4.90 Å². The Balaban J connectivity index is 1.48. The van der Waals surface area contributed by atoms with Gasteiger partial charge in [0.15, 0.2) is 0 Å². The Labute approximate surface area is 185 Å². The summed E-state index contributed by atoms with van der Waals surface area (Å²) in [6.45, 7) is 3.61. The molecule has 3 rings (SSSR count). The third kappa shape index (κ3) is 6.06. The van der Waals surface area contributed by atoms with Crippen molar-refractivity contribution in [2.45, 2.75) is 24.3 Å². The molecule has 2 aromatic rings. The van der Waals surface area contributed by atoms with Gasteiger partial charge in [-0.25, -0.2) is 12.7 Å². The number of nitrogens with zero attached hydrogens (tertiary/aromatic N) is 3. The van der Waals surface area contributed by atoms with Gasteiger partial charge in [-0.05, 0) is 41.8 Å². The highest BCUT2D eigenvalue weighted by Crippen LogP contribution is 2.17. The maximum absolute atomic E-state index is 12.6. The SMILES string of the molecule is COc1ccc(CCC(=O)N2CCN(Cc3cccc(S(=O)(=O)N(C)C)c3)CC2)cc1. The summed E-state index contributed by atoms with van der Waals surface area (Å²) in [6.07, 6.45) is 1.22. The molecule has 0 N–H and O–H groups in total. The van der Waals surface area contributed by atoms with Gasteiger partial charge in [0.25, 0.3) is 0 Å². The van der Waals surface area contributed by atoms with E-state index in [9.17, 15) is 13.2 Å². The lowest BCUT2D eigenvalue weighted by molar-refractivity contribution is -0.133. The number of hydrogen-bond acceptors (Lipinski definition) is 5. The number of carbonyl (C=O) groups is 1. The molecule has 1 fully saturated rings. The van der Waals surface area contributed by atoms with Crippen LogP contribution in [0.5, 0.6) is 5.75 Å². The van der Waals surface area contributed by atoms with Gasteiger partial charge in [0.05, 0.1) is 12.0 Å². The monoisotopic (exact) mass is 445 g/mol. The molecule has 168 valence electrons. The normalized spacial score (nSPS) is 15.3. The number of amides is 1. The molecule has 7 nitrogen and oxygen atoms in total. The van der Waals surface area contributed by atoms with Crippen molar-refractivity contribution in [2.24, 2.45) is 0 Å². The zero-order valence-corrected chi connectivity index (χ0v) is 19.3. The van der Waals surface area contributed by atoms with Gasteiger partial charge in [0.2, 0.25) is 15.9 Å². The maximum Gasteiger partial charge on any atom is 0.242 e. The maximum atomic E-state index is 12.6. The van der Waals surface area contributed by atoms with Crippen LogP contribution in [0.3, 0.4) is 0 Å². The average Bonchev–Trinajstić information content (AvgIpc) is 2.78. The van der Waals surface area contributed by atoms with Crippen molar-refractivity contribution in [1.82, 2.24) is 14.1 Å². The number of benzene rings is 2. The number of ether oxygens (including phenoxy) is 1. The first-order valence-electron chi connectivity index (χ1n) is 10.4. The highest BCUT2D eigenvalue weighted by atomic mass is 32.2. The van der Waals surface area contributed by atoms with Crippen LogP contribution in [0.2, 0.25) is 0 Å². The van der Waals surface area contributed by atoms with Crippen molar-refractivity contribution in [3.63, 3.8) is 0 Å². The largest absolute Gasteiger partial charge is 0.497 e. The van der Waals surface area contributed by atoms with Crippen molar-refractivity contribution < 1.29 is 17.9 Å². The molecule has 0 radical (unpaired) electrons. The summed E-state index contributed by atoms with van der Waals surface area (Å²) in [5.74, 6) is 0.991. The molecule has 1 aliphatic heterocycles. The fourth-order valence-electron chi connectivity index (χ4n) is 3.63. The van der Waals surface area contributed by atoms with Crippen molar-refractivity contribution in [2.75, 3.05) is 47.4 Å². The number of rotatable bonds is 8. The molecule has 1 saturated heterocycles. The fourth-order valence-corrected chi connectivity index (χ4v) is 4.60. The summed E-state index contributed by atoms with van der Waals surface area (Å²) >= 11 is 0. The van der Waals surface area contributed by atoms with Crippen LogP contribution in [0.4, 0.5) is 0 Å². The third-order valence-corrected chi connectivity index (χ3v) is 7.41. The predicted molar refractivity (Wildman–Crippen MR) is 120 cm³/mol. The van der Waals surface area contributed by atoms with Crippen LogP contribution in [-0.2, 0) is 27.8 Å². The molecular formula is C23H31N3O4S. The Morgan fingerprint density at radius 2 is 1.68 bits per heavy atom. The van der Waals surface area contributed by atoms with Crippen LogP contribution in [-0.4, -0.2) is 75.8 Å². The van der Waals surface area contributed by atoms with Crippen LogP contribution >= 0.6 is 0 Å². The Kier molecular flexibility index (Phi) is 7.69. The fraction of sp³-hybridized carbons (Fsp3) is 0.435. The lowest BCUT2D eigenvalue weighted by Gasteiger charge is -2.35. The van der Waals surface area contributed by atoms with E-state index < -0.39 is 10.0 Å². The highest BCUT2D eigenvalue weighted by molar-refractivity contribution is 7.89. The standard InChI is InChI=1S/C23H31N3O4S/c1-24(2)31(28,29)22-6-4-5-20(17-22)18-25-13-15-26(16-14-25)23(27)12-9-19-7-10-21(30-3)11-8-19/h4-8,10-11,17H,9,12-16,18H2,1-3H3. The zero-order valence-electron chi connectivity index (χ0n) is 18.5. The van der Waals surface area contributed by atoms with Gasteiger partial charge < -0.3 is 9.64 Å². The summed E-state index contributed by atoms with van der Waals surface area (Å²) in [4.78, 5) is 17.1. The van der Waals surface area contributed by atoms with E-state index in [1.54, 1.807) is 25.3 Å². The molecule has 1 heterocycles. The van der Waals surface area contributed by atoms with E-state index in [1.165, 1.54) is 18.4 Å². The molecular weight excluding hydrogens is 414 g/mol. The van der Waals surface area contributed by atoms with Gasteiger partial charge in [-0.2, -0.15) is 0 Å². The van der Waals surface area contributed by atoms with Crippen molar-refractivity contribution in [3.8, 4) is 5.75 Å². The number of hydrogen-bond donors (Lipinski definition) is 0. The van der Waals surface area contributed by atoms with E-state index in [0.717, 1.165) is 36.4 Å². The van der Waals surface area contributed by atoms with E-state index in [4.69, 9.17) is 4.74 Å². The van der Waals surface area contributed by atoms with Crippen molar-refractivity contribution in [1.29, 1.82) is 0 Å². The number of methoxy groups -OCH3 is 1. The number of sulfonamides is 1. The zero-order chi connectivity index (χ0) is 22.4. The summed E-state index contributed by atoms with van der Waals surface area (Å²) in [6, 6.07) is 14.9. The Bertz CT molecular complexity index is 982. The minimum absolute atomic E-state index is 0.176. The number of carbonyl (C=O) groups excluding carboxylic acids is 1. The number of piperazine rings is 1. The minimum Gasteiger partial charge on any atom is -0.497 e. The second-order valence-electron chi connectivity index (χ2n) is 7.94. The summed E-state index contributed by atoms with van der Waals surface area (Å²) in [7, 11) is 1.27. The quantitative estimate of drug-likeness (QED) is 0.623. The molecule has 0 aromatic heterocycles. The van der Waals surface area contributed by atoms with Gasteiger partial charge in [0.1, 0.15) is 5.75 Å². The van der Waals surface area contributed by atoms with Crippen LogP contribution < -0.4 is 4.74 Å². The molecule has 8 heteroatoms. The minimum atomic E-state index is -3.44. The Morgan fingerprint density at radius 3 is 2.29 bits per heavy atom. The summed E-state index contributed by atoms with van der Waals surface area (Å²) < 4.78 is 31.1. The van der Waals surface area contributed by atoms with Crippen LogP contribution in [0, 0.1) is 0 Å². The highest BCUT2D eigenvalue weighted by Gasteiger charge is 2.22. The van der Waals surface area contributed by atoms with E-state index >= 15 is 0 Å². The van der Waals surface area contributed by atoms with E-state index in [1.807, 2.05) is 35.2 Å². The van der Waals surface area contributed by atoms with Crippen molar-refractivity contribution >= 4 is 15.9 Å². The molecule has 2 aromatic carbocycles. The van der Waals surface area contributed by atoms with Gasteiger partial charge >= 0.3 is 0 Å². The first kappa shape index (κ1) is 23.2. The Morgan fingerprint density at radius 1 is 1.00 bits per heavy atom. The molecule has 0 bridgehead atoms. The Hall–Kier alpha value is -2.42. The van der Waals surface area contributed by atoms with Gasteiger partial charge in [-0.3, -0.25) is 9.69 Å². The molecule has 0 atom stereocenters. The lowest BCUT2D eigenvalue weighted by Crippen LogP contribution is -2.48. The first-order chi connectivity index (χ1) is 14.8. The summed E-state index contributed by atoms with van der Waals surface area (Å²) in [5.41, 5.74) is 2.09. The topological polar surface area (TPSA) is 70.2 Å². The molecule has 0 unspecified atom stereocenters. The lowest BCUT2D eigenvalue weighted by atomic mass is 10.1. The molecule has 31 heavy (non-hydrogen) atoms. The van der Waals surface area contributed by atoms with Crippen molar-refractivity contribution in [3.05, 3.63) is 59.7 Å². The van der Waals surface area contributed by atoms with Crippen LogP contribution in [0.15, 0.2) is 53.4 Å². The van der Waals surface area contributed by atoms with Gasteiger partial charge in [-0.15, -0.1) is 0 Å². The first-order valence-corrected chi connectivity index (χ1v) is 11.9. The predicted octanol–water partition coefficient (Wildman–Crippen LogP) is 2.22. The molecule has 0 spiro atoms.